The van der Waals surface area contributed by atoms with Gasteiger partial charge in [0.05, 0.1) is 6.10 Å². The van der Waals surface area contributed by atoms with Crippen LogP contribution in [0.3, 0.4) is 0 Å². The van der Waals surface area contributed by atoms with Crippen LogP contribution >= 0.6 is 0 Å². The van der Waals surface area contributed by atoms with E-state index in [1.54, 1.807) is 0 Å². The Bertz CT molecular complexity index is 185. The third-order valence-corrected chi connectivity index (χ3v) is 1.90. The van der Waals surface area contributed by atoms with Crippen molar-refractivity contribution >= 4 is 5.97 Å². The van der Waals surface area contributed by atoms with E-state index in [1.165, 1.54) is 0 Å². The SMILES string of the molecule is O=C(O)[C@@H]1NC[C@@H](O)[C@H](O)[C@@H]1O. The van der Waals surface area contributed by atoms with Gasteiger partial charge in [0, 0.05) is 6.54 Å². The quantitative estimate of drug-likeness (QED) is 0.294. The molecule has 70 valence electrons. The van der Waals surface area contributed by atoms with E-state index in [-0.39, 0.29) is 6.54 Å². The van der Waals surface area contributed by atoms with Crippen molar-refractivity contribution in [1.29, 1.82) is 0 Å². The maximum Gasteiger partial charge on any atom is 0.323 e. The first-order valence-corrected chi connectivity index (χ1v) is 3.54. The Hall–Kier alpha value is -0.690. The lowest BCUT2D eigenvalue weighted by Gasteiger charge is -2.33. The molecule has 0 aromatic rings. The van der Waals surface area contributed by atoms with Crippen LogP contribution in [0, 0.1) is 0 Å². The van der Waals surface area contributed by atoms with E-state index < -0.39 is 30.3 Å². The lowest BCUT2D eigenvalue weighted by Crippen LogP contribution is -2.62. The molecule has 12 heavy (non-hydrogen) atoms. The second-order valence-corrected chi connectivity index (χ2v) is 2.77. The molecule has 0 aliphatic carbocycles. The zero-order chi connectivity index (χ0) is 9.30. The summed E-state index contributed by atoms with van der Waals surface area (Å²) in [4.78, 5) is 10.4. The molecule has 1 rings (SSSR count). The van der Waals surface area contributed by atoms with Gasteiger partial charge in [-0.3, -0.25) is 10.1 Å². The van der Waals surface area contributed by atoms with E-state index in [0.29, 0.717) is 0 Å². The highest BCUT2D eigenvalue weighted by Crippen LogP contribution is 2.10. The molecular formula is C6H11NO5. The standard InChI is InChI=1S/C6H11NO5/c8-2-1-7-3(6(11)12)5(10)4(2)9/h2-5,7-10H,1H2,(H,11,12)/t2-,3-,4+,5-/m1/s1. The van der Waals surface area contributed by atoms with Crippen molar-refractivity contribution in [3.8, 4) is 0 Å². The highest BCUT2D eigenvalue weighted by atomic mass is 16.4. The summed E-state index contributed by atoms with van der Waals surface area (Å²) in [5.74, 6) is -1.24. The molecule has 1 saturated heterocycles. The average molecular weight is 177 g/mol. The van der Waals surface area contributed by atoms with Gasteiger partial charge in [-0.05, 0) is 0 Å². The van der Waals surface area contributed by atoms with E-state index in [0.717, 1.165) is 0 Å². The summed E-state index contributed by atoms with van der Waals surface area (Å²) in [6, 6.07) is -1.21. The third-order valence-electron chi connectivity index (χ3n) is 1.90. The summed E-state index contributed by atoms with van der Waals surface area (Å²) in [7, 11) is 0. The number of carbonyl (C=O) groups is 1. The number of aliphatic carboxylic acids is 1. The fraction of sp³-hybridized carbons (Fsp3) is 0.833. The van der Waals surface area contributed by atoms with Crippen molar-refractivity contribution in [2.75, 3.05) is 6.54 Å². The molecule has 0 saturated carbocycles. The number of carboxylic acids is 1. The van der Waals surface area contributed by atoms with Crippen LogP contribution in [0.2, 0.25) is 0 Å². The average Bonchev–Trinajstić information content (AvgIpc) is 2.00. The first-order chi connectivity index (χ1) is 5.54. The maximum absolute atomic E-state index is 10.4. The Labute approximate surface area is 68.4 Å². The van der Waals surface area contributed by atoms with Gasteiger partial charge in [0.2, 0.25) is 0 Å². The molecule has 0 radical (unpaired) electrons. The Kier molecular flexibility index (Phi) is 2.63. The highest BCUT2D eigenvalue weighted by molar-refractivity contribution is 5.74. The summed E-state index contributed by atoms with van der Waals surface area (Å²) in [6.45, 7) is -0.0325. The Morgan fingerprint density at radius 1 is 1.25 bits per heavy atom. The molecule has 1 fully saturated rings. The monoisotopic (exact) mass is 177 g/mol. The van der Waals surface area contributed by atoms with Gasteiger partial charge in [0.15, 0.2) is 0 Å². The number of hydrogen-bond donors (Lipinski definition) is 5. The lowest BCUT2D eigenvalue weighted by molar-refractivity contribution is -0.152. The van der Waals surface area contributed by atoms with Crippen LogP contribution in [0.4, 0.5) is 0 Å². The minimum absolute atomic E-state index is 0.0325. The zero-order valence-corrected chi connectivity index (χ0v) is 6.21. The van der Waals surface area contributed by atoms with E-state index in [9.17, 15) is 4.79 Å². The fourth-order valence-corrected chi connectivity index (χ4v) is 1.15. The molecule has 0 aromatic carbocycles. The van der Waals surface area contributed by atoms with Crippen LogP contribution in [0.25, 0.3) is 0 Å². The van der Waals surface area contributed by atoms with Crippen molar-refractivity contribution in [2.45, 2.75) is 24.4 Å². The van der Waals surface area contributed by atoms with Gasteiger partial charge in [-0.15, -0.1) is 0 Å². The van der Waals surface area contributed by atoms with Gasteiger partial charge < -0.3 is 20.4 Å². The van der Waals surface area contributed by atoms with Crippen molar-refractivity contribution in [3.63, 3.8) is 0 Å². The minimum Gasteiger partial charge on any atom is -0.480 e. The van der Waals surface area contributed by atoms with Crippen molar-refractivity contribution in [1.82, 2.24) is 5.32 Å². The summed E-state index contributed by atoms with van der Waals surface area (Å²) in [5.41, 5.74) is 0. The van der Waals surface area contributed by atoms with E-state index in [4.69, 9.17) is 20.4 Å². The Morgan fingerprint density at radius 3 is 2.33 bits per heavy atom. The summed E-state index contributed by atoms with van der Waals surface area (Å²) < 4.78 is 0. The van der Waals surface area contributed by atoms with Gasteiger partial charge in [-0.2, -0.15) is 0 Å². The lowest BCUT2D eigenvalue weighted by atomic mass is 9.96. The number of piperidine rings is 1. The van der Waals surface area contributed by atoms with E-state index in [1.807, 2.05) is 0 Å². The van der Waals surface area contributed by atoms with Crippen LogP contribution in [-0.4, -0.2) is 57.3 Å². The van der Waals surface area contributed by atoms with Gasteiger partial charge in [-0.1, -0.05) is 0 Å². The molecule has 6 nitrogen and oxygen atoms in total. The summed E-state index contributed by atoms with van der Waals surface area (Å²) >= 11 is 0. The van der Waals surface area contributed by atoms with Gasteiger partial charge in [0.1, 0.15) is 18.2 Å². The number of aliphatic hydroxyl groups excluding tert-OH is 3. The van der Waals surface area contributed by atoms with Crippen molar-refractivity contribution in [3.05, 3.63) is 0 Å². The molecule has 5 N–H and O–H groups in total. The second-order valence-electron chi connectivity index (χ2n) is 2.77. The molecular weight excluding hydrogens is 166 g/mol. The predicted octanol–water partition coefficient (Wildman–Crippen LogP) is -2.87. The number of hydrogen-bond acceptors (Lipinski definition) is 5. The molecule has 0 amide bonds. The van der Waals surface area contributed by atoms with E-state index >= 15 is 0 Å². The molecule has 0 bridgehead atoms. The molecule has 6 heteroatoms. The number of carboxylic acid groups (broad SMARTS) is 1. The van der Waals surface area contributed by atoms with Crippen LogP contribution in [-0.2, 0) is 4.79 Å². The predicted molar refractivity (Wildman–Crippen MR) is 37.4 cm³/mol. The fourth-order valence-electron chi connectivity index (χ4n) is 1.15. The molecule has 0 spiro atoms. The molecule has 0 aromatic heterocycles. The molecule has 1 aliphatic heterocycles. The number of β-amino-alcohol motifs (C(OH)–C–C–N with tert-alkyl or cyclic N) is 1. The second kappa shape index (κ2) is 3.36. The first kappa shape index (κ1) is 9.40. The topological polar surface area (TPSA) is 110 Å². The summed E-state index contributed by atoms with van der Waals surface area (Å²) in [6.07, 6.45) is -3.98. The molecule has 1 aliphatic rings. The zero-order valence-electron chi connectivity index (χ0n) is 6.21. The minimum atomic E-state index is -1.47. The van der Waals surface area contributed by atoms with Crippen LogP contribution in [0.1, 0.15) is 0 Å². The number of aliphatic hydroxyl groups is 3. The largest absolute Gasteiger partial charge is 0.480 e. The Morgan fingerprint density at radius 2 is 1.83 bits per heavy atom. The molecule has 4 atom stereocenters. The smallest absolute Gasteiger partial charge is 0.323 e. The molecule has 1 heterocycles. The van der Waals surface area contributed by atoms with Gasteiger partial charge in [0.25, 0.3) is 0 Å². The van der Waals surface area contributed by atoms with Crippen LogP contribution in [0.15, 0.2) is 0 Å². The maximum atomic E-state index is 10.4. The van der Waals surface area contributed by atoms with E-state index in [2.05, 4.69) is 5.32 Å². The summed E-state index contributed by atoms with van der Waals surface area (Å²) in [5, 5.41) is 38.1. The number of nitrogens with one attached hydrogen (secondary N) is 1. The Balaban J connectivity index is 2.65. The number of rotatable bonds is 1. The normalized spacial score (nSPS) is 42.6. The van der Waals surface area contributed by atoms with Crippen LogP contribution < -0.4 is 5.32 Å². The van der Waals surface area contributed by atoms with Gasteiger partial charge in [-0.25, -0.2) is 0 Å². The van der Waals surface area contributed by atoms with Crippen LogP contribution in [0.5, 0.6) is 0 Å². The van der Waals surface area contributed by atoms with Crippen molar-refractivity contribution < 1.29 is 25.2 Å². The molecule has 0 unspecified atom stereocenters. The third kappa shape index (κ3) is 1.56. The van der Waals surface area contributed by atoms with Gasteiger partial charge >= 0.3 is 5.97 Å². The highest BCUT2D eigenvalue weighted by Gasteiger charge is 2.39. The van der Waals surface area contributed by atoms with Crippen molar-refractivity contribution in [2.24, 2.45) is 0 Å². The first-order valence-electron chi connectivity index (χ1n) is 3.54.